The summed E-state index contributed by atoms with van der Waals surface area (Å²) in [5, 5.41) is 3.00. The highest BCUT2D eigenvalue weighted by atomic mass is 19.1. The van der Waals surface area contributed by atoms with Crippen LogP contribution in [0.1, 0.15) is 41.0 Å². The van der Waals surface area contributed by atoms with Gasteiger partial charge in [-0.1, -0.05) is 19.1 Å². The second kappa shape index (κ2) is 8.44. The topological polar surface area (TPSA) is 49.4 Å². The number of carbonyl (C=O) groups is 2. The molecule has 0 radical (unpaired) electrons. The molecule has 0 spiro atoms. The van der Waals surface area contributed by atoms with Crippen molar-refractivity contribution in [2.45, 2.75) is 20.3 Å². The normalized spacial score (nSPS) is 17.1. The lowest BCUT2D eigenvalue weighted by Crippen LogP contribution is -2.30. The molecule has 1 heterocycles. The second-order valence-corrected chi connectivity index (χ2v) is 7.08. The van der Waals surface area contributed by atoms with Crippen LogP contribution < -0.4 is 5.32 Å². The average molecular weight is 368 g/mol. The van der Waals surface area contributed by atoms with E-state index in [-0.39, 0.29) is 11.7 Å². The number of nitrogens with one attached hydrogen (secondary N) is 1. The van der Waals surface area contributed by atoms with Gasteiger partial charge in [-0.2, -0.15) is 0 Å². The lowest BCUT2D eigenvalue weighted by Gasteiger charge is -2.14. The number of Topliss-reactive ketones (excluding diaryl/α,β-unsaturated/α-hetero) is 1. The summed E-state index contributed by atoms with van der Waals surface area (Å²) in [6, 6.07) is 11.1. The summed E-state index contributed by atoms with van der Waals surface area (Å²) >= 11 is 0. The van der Waals surface area contributed by atoms with Crippen molar-refractivity contribution in [3.8, 4) is 11.1 Å². The predicted molar refractivity (Wildman–Crippen MR) is 104 cm³/mol. The second-order valence-electron chi connectivity index (χ2n) is 7.08. The van der Waals surface area contributed by atoms with Gasteiger partial charge in [-0.3, -0.25) is 9.59 Å². The summed E-state index contributed by atoms with van der Waals surface area (Å²) in [6.07, 6.45) is 1.11. The van der Waals surface area contributed by atoms with E-state index < -0.39 is 5.82 Å². The van der Waals surface area contributed by atoms with Crippen molar-refractivity contribution < 1.29 is 14.0 Å². The number of nitrogens with zero attached hydrogens (tertiary/aromatic N) is 1. The molecule has 2 aromatic rings. The van der Waals surface area contributed by atoms with Crippen LogP contribution in [0.2, 0.25) is 0 Å². The Morgan fingerprint density at radius 3 is 2.56 bits per heavy atom. The van der Waals surface area contributed by atoms with E-state index in [9.17, 15) is 14.0 Å². The molecule has 0 saturated carbocycles. The van der Waals surface area contributed by atoms with Crippen LogP contribution in [-0.4, -0.2) is 42.8 Å². The van der Waals surface area contributed by atoms with E-state index in [2.05, 4.69) is 17.1 Å². The molecular formula is C22H25FN2O2. The Hall–Kier alpha value is -2.53. The summed E-state index contributed by atoms with van der Waals surface area (Å²) in [6.45, 7) is 7.46. The number of carbonyl (C=O) groups excluding carboxylic acids is 2. The summed E-state index contributed by atoms with van der Waals surface area (Å²) in [5.74, 6) is -0.125. The highest BCUT2D eigenvalue weighted by Gasteiger charge is 2.21. The number of amides is 1. The van der Waals surface area contributed by atoms with Crippen LogP contribution >= 0.6 is 0 Å². The van der Waals surface area contributed by atoms with E-state index in [0.717, 1.165) is 26.1 Å². The van der Waals surface area contributed by atoms with Crippen molar-refractivity contribution in [3.63, 3.8) is 0 Å². The predicted octanol–water partition coefficient (Wildman–Crippen LogP) is 3.77. The monoisotopic (exact) mass is 368 g/mol. The molecule has 5 heteroatoms. The number of ketones is 1. The maximum Gasteiger partial charge on any atom is 0.251 e. The van der Waals surface area contributed by atoms with Gasteiger partial charge in [0.05, 0.1) is 0 Å². The molecule has 0 aromatic heterocycles. The summed E-state index contributed by atoms with van der Waals surface area (Å²) < 4.78 is 13.6. The lowest BCUT2D eigenvalue weighted by molar-refractivity contribution is 0.0946. The first kappa shape index (κ1) is 19.2. The first-order chi connectivity index (χ1) is 13.0. The van der Waals surface area contributed by atoms with Crippen LogP contribution in [0, 0.1) is 11.7 Å². The molecule has 1 atom stereocenters. The molecule has 1 aliphatic heterocycles. The molecule has 4 nitrogen and oxygen atoms in total. The van der Waals surface area contributed by atoms with Crippen LogP contribution in [-0.2, 0) is 0 Å². The Labute approximate surface area is 159 Å². The quantitative estimate of drug-likeness (QED) is 0.790. The minimum atomic E-state index is -0.394. The van der Waals surface area contributed by atoms with Crippen LogP contribution in [0.25, 0.3) is 11.1 Å². The largest absolute Gasteiger partial charge is 0.352 e. The molecule has 0 aliphatic carbocycles. The zero-order valence-corrected chi connectivity index (χ0v) is 15.8. The highest BCUT2D eigenvalue weighted by molar-refractivity contribution is 6.01. The number of rotatable bonds is 6. The molecule has 1 saturated heterocycles. The van der Waals surface area contributed by atoms with E-state index in [1.165, 1.54) is 25.1 Å². The minimum Gasteiger partial charge on any atom is -0.352 e. The zero-order chi connectivity index (χ0) is 19.4. The third kappa shape index (κ3) is 4.61. The number of hydrogen-bond donors (Lipinski definition) is 1. The average Bonchev–Trinajstić information content (AvgIpc) is 3.14. The van der Waals surface area contributed by atoms with Crippen LogP contribution in [0.15, 0.2) is 42.5 Å². The maximum absolute atomic E-state index is 13.6. The van der Waals surface area contributed by atoms with Gasteiger partial charge in [0, 0.05) is 24.2 Å². The SMILES string of the molecule is CCN1CC[C@H](CNC(=O)c2ccc(-c3cc(F)ccc3C(C)=O)cc2)C1. The molecule has 1 aliphatic rings. The van der Waals surface area contributed by atoms with Gasteiger partial charge in [0.25, 0.3) is 5.91 Å². The van der Waals surface area contributed by atoms with Crippen LogP contribution in [0.3, 0.4) is 0 Å². The van der Waals surface area contributed by atoms with Crippen molar-refractivity contribution >= 4 is 11.7 Å². The van der Waals surface area contributed by atoms with Crippen LogP contribution in [0.5, 0.6) is 0 Å². The molecule has 2 aromatic carbocycles. The van der Waals surface area contributed by atoms with Gasteiger partial charge >= 0.3 is 0 Å². The Morgan fingerprint density at radius 2 is 1.93 bits per heavy atom. The standard InChI is InChI=1S/C22H25FN2O2/c1-3-25-11-10-16(14-25)13-24-22(27)18-6-4-17(5-7-18)21-12-19(23)8-9-20(21)15(2)26/h4-9,12,16H,3,10-11,13-14H2,1-2H3,(H,24,27)/t16-/m1/s1. The number of benzene rings is 2. The van der Waals surface area contributed by atoms with E-state index in [1.807, 2.05) is 0 Å². The summed E-state index contributed by atoms with van der Waals surface area (Å²) in [5.41, 5.74) is 2.28. The van der Waals surface area contributed by atoms with E-state index in [0.29, 0.717) is 34.7 Å². The van der Waals surface area contributed by atoms with Crippen molar-refractivity contribution in [2.75, 3.05) is 26.2 Å². The van der Waals surface area contributed by atoms with Crippen molar-refractivity contribution in [1.82, 2.24) is 10.2 Å². The van der Waals surface area contributed by atoms with Gasteiger partial charge in [0.15, 0.2) is 5.78 Å². The van der Waals surface area contributed by atoms with Gasteiger partial charge in [-0.15, -0.1) is 0 Å². The smallest absolute Gasteiger partial charge is 0.251 e. The first-order valence-corrected chi connectivity index (χ1v) is 9.39. The molecule has 1 N–H and O–H groups in total. The molecule has 27 heavy (non-hydrogen) atoms. The molecule has 1 fully saturated rings. The fourth-order valence-corrected chi connectivity index (χ4v) is 3.57. The van der Waals surface area contributed by atoms with Crippen molar-refractivity contribution in [2.24, 2.45) is 5.92 Å². The summed E-state index contributed by atoms with van der Waals surface area (Å²) in [4.78, 5) is 26.6. The van der Waals surface area contributed by atoms with Crippen molar-refractivity contribution in [3.05, 3.63) is 59.4 Å². The van der Waals surface area contributed by atoms with Gasteiger partial charge in [0.1, 0.15) is 5.82 Å². The van der Waals surface area contributed by atoms with Gasteiger partial charge in [-0.05, 0) is 73.8 Å². The number of halogens is 1. The number of likely N-dealkylation sites (tertiary alicyclic amines) is 1. The lowest BCUT2D eigenvalue weighted by atomic mass is 9.96. The minimum absolute atomic E-state index is 0.109. The molecule has 0 bridgehead atoms. The van der Waals surface area contributed by atoms with Gasteiger partial charge < -0.3 is 10.2 Å². The van der Waals surface area contributed by atoms with Gasteiger partial charge in [-0.25, -0.2) is 4.39 Å². The Bertz CT molecular complexity index is 833. The van der Waals surface area contributed by atoms with Gasteiger partial charge in [0.2, 0.25) is 0 Å². The maximum atomic E-state index is 13.6. The van der Waals surface area contributed by atoms with E-state index >= 15 is 0 Å². The Morgan fingerprint density at radius 1 is 1.19 bits per heavy atom. The summed E-state index contributed by atoms with van der Waals surface area (Å²) in [7, 11) is 0. The van der Waals surface area contributed by atoms with Crippen molar-refractivity contribution in [1.29, 1.82) is 0 Å². The molecule has 142 valence electrons. The molecular weight excluding hydrogens is 343 g/mol. The van der Waals surface area contributed by atoms with Crippen LogP contribution in [0.4, 0.5) is 4.39 Å². The highest BCUT2D eigenvalue weighted by Crippen LogP contribution is 2.26. The fourth-order valence-electron chi connectivity index (χ4n) is 3.57. The first-order valence-electron chi connectivity index (χ1n) is 9.39. The Balaban J connectivity index is 1.68. The third-order valence-electron chi connectivity index (χ3n) is 5.19. The zero-order valence-electron chi connectivity index (χ0n) is 15.8. The Kier molecular flexibility index (Phi) is 6.01. The molecule has 0 unspecified atom stereocenters. The molecule has 1 amide bonds. The number of hydrogen-bond acceptors (Lipinski definition) is 3. The van der Waals surface area contributed by atoms with E-state index in [1.54, 1.807) is 24.3 Å². The third-order valence-corrected chi connectivity index (χ3v) is 5.19. The molecule has 3 rings (SSSR count). The fraction of sp³-hybridized carbons (Fsp3) is 0.364. The van der Waals surface area contributed by atoms with E-state index in [4.69, 9.17) is 0 Å².